The number of nitrogens with zero attached hydrogens (tertiary/aromatic N) is 5. The topological polar surface area (TPSA) is 84.1 Å². The summed E-state index contributed by atoms with van der Waals surface area (Å²) in [5.41, 5.74) is 2.87. The van der Waals surface area contributed by atoms with Crippen molar-refractivity contribution >= 4 is 17.1 Å². The van der Waals surface area contributed by atoms with Crippen molar-refractivity contribution in [2.75, 3.05) is 13.2 Å². The second kappa shape index (κ2) is 8.48. The van der Waals surface area contributed by atoms with E-state index in [2.05, 4.69) is 15.0 Å². The van der Waals surface area contributed by atoms with Crippen molar-refractivity contribution in [2.24, 2.45) is 0 Å². The Balaban J connectivity index is 1.57. The summed E-state index contributed by atoms with van der Waals surface area (Å²) in [6, 6.07) is 7.79. The Kier molecular flexibility index (Phi) is 5.62. The molecule has 1 amide bonds. The second-order valence-electron chi connectivity index (χ2n) is 7.27. The van der Waals surface area contributed by atoms with E-state index in [1.54, 1.807) is 24.8 Å². The molecule has 3 heterocycles. The summed E-state index contributed by atoms with van der Waals surface area (Å²) in [7, 11) is 0. The maximum atomic E-state index is 13.1. The molecule has 0 unspecified atom stereocenters. The molecule has 1 aliphatic carbocycles. The molecule has 1 saturated carbocycles. The molecule has 1 fully saturated rings. The summed E-state index contributed by atoms with van der Waals surface area (Å²) < 4.78 is 1.93. The van der Waals surface area contributed by atoms with Gasteiger partial charge in [0.15, 0.2) is 5.65 Å². The van der Waals surface area contributed by atoms with Gasteiger partial charge < -0.3 is 14.6 Å². The van der Waals surface area contributed by atoms with Crippen molar-refractivity contribution in [3.63, 3.8) is 0 Å². The fraction of sp³-hybridized carbons (Fsp3) is 0.429. The minimum absolute atomic E-state index is 0.0311. The molecule has 0 atom stereocenters. The molecule has 7 heteroatoms. The molecule has 7 nitrogen and oxygen atoms in total. The van der Waals surface area contributed by atoms with Gasteiger partial charge >= 0.3 is 0 Å². The highest BCUT2D eigenvalue weighted by Crippen LogP contribution is 2.24. The van der Waals surface area contributed by atoms with Crippen LogP contribution in [-0.2, 0) is 6.54 Å². The third-order valence-electron chi connectivity index (χ3n) is 5.38. The number of rotatable bonds is 6. The number of amides is 1. The van der Waals surface area contributed by atoms with Crippen LogP contribution in [0.5, 0.6) is 0 Å². The molecule has 0 saturated heterocycles. The molecule has 3 aromatic rings. The predicted octanol–water partition coefficient (Wildman–Crippen LogP) is 2.64. The van der Waals surface area contributed by atoms with Crippen LogP contribution in [-0.4, -0.2) is 54.6 Å². The molecule has 146 valence electrons. The van der Waals surface area contributed by atoms with Crippen LogP contribution in [0, 0.1) is 0 Å². The van der Waals surface area contributed by atoms with Gasteiger partial charge in [0.1, 0.15) is 5.52 Å². The van der Waals surface area contributed by atoms with Gasteiger partial charge in [-0.3, -0.25) is 9.78 Å². The summed E-state index contributed by atoms with van der Waals surface area (Å²) in [6.07, 6.45) is 10.6. The van der Waals surface area contributed by atoms with Gasteiger partial charge in [0.25, 0.3) is 5.91 Å². The maximum Gasteiger partial charge on any atom is 0.255 e. The molecule has 0 spiro atoms. The zero-order valence-corrected chi connectivity index (χ0v) is 15.9. The smallest absolute Gasteiger partial charge is 0.255 e. The molecule has 0 bridgehead atoms. The van der Waals surface area contributed by atoms with Crippen molar-refractivity contribution in [2.45, 2.75) is 44.7 Å². The summed E-state index contributed by atoms with van der Waals surface area (Å²) >= 11 is 0. The van der Waals surface area contributed by atoms with E-state index in [9.17, 15) is 9.90 Å². The van der Waals surface area contributed by atoms with E-state index in [0.29, 0.717) is 24.2 Å². The Labute approximate surface area is 164 Å². The normalized spacial score (nSPS) is 15.0. The van der Waals surface area contributed by atoms with Gasteiger partial charge in [-0.15, -0.1) is 0 Å². The molecular formula is C21H25N5O2. The Morgan fingerprint density at radius 2 is 2.04 bits per heavy atom. The minimum atomic E-state index is -0.0744. The van der Waals surface area contributed by atoms with Gasteiger partial charge in [-0.25, -0.2) is 9.97 Å². The second-order valence-corrected chi connectivity index (χ2v) is 7.27. The van der Waals surface area contributed by atoms with Crippen LogP contribution < -0.4 is 0 Å². The number of aliphatic hydroxyl groups excluding tert-OH is 1. The summed E-state index contributed by atoms with van der Waals surface area (Å²) in [5.74, 6) is -0.0744. The number of imidazole rings is 1. The van der Waals surface area contributed by atoms with Crippen molar-refractivity contribution in [3.8, 4) is 0 Å². The number of hydrogen-bond donors (Lipinski definition) is 1. The molecule has 0 radical (unpaired) electrons. The van der Waals surface area contributed by atoms with Crippen LogP contribution >= 0.6 is 0 Å². The van der Waals surface area contributed by atoms with Gasteiger partial charge in [-0.2, -0.15) is 0 Å². The van der Waals surface area contributed by atoms with Gasteiger partial charge in [-0.05, 0) is 31.0 Å². The summed E-state index contributed by atoms with van der Waals surface area (Å²) in [4.78, 5) is 28.2. The molecule has 3 aromatic heterocycles. The molecule has 28 heavy (non-hydrogen) atoms. The molecule has 1 aliphatic rings. The van der Waals surface area contributed by atoms with E-state index in [1.807, 2.05) is 27.7 Å². The first-order valence-corrected chi connectivity index (χ1v) is 9.89. The zero-order valence-electron chi connectivity index (χ0n) is 15.9. The molecular weight excluding hydrogens is 354 g/mol. The van der Waals surface area contributed by atoms with Gasteiger partial charge in [0, 0.05) is 25.0 Å². The Morgan fingerprint density at radius 1 is 1.18 bits per heavy atom. The summed E-state index contributed by atoms with van der Waals surface area (Å²) in [6.45, 7) is 0.905. The molecule has 0 aliphatic heterocycles. The number of aliphatic hydroxyl groups is 1. The van der Waals surface area contributed by atoms with Crippen LogP contribution in [0.4, 0.5) is 0 Å². The van der Waals surface area contributed by atoms with Crippen molar-refractivity contribution in [1.29, 1.82) is 0 Å². The fourth-order valence-electron chi connectivity index (χ4n) is 3.96. The standard InChI is InChI=1S/C21H25N5O2/c27-11-10-26(18-7-2-1-3-8-18)21(28)16-12-19-20(23-13-16)25(15-24-19)14-17-6-4-5-9-22-17/h4-6,9,12-13,15,18,27H,1-3,7-8,10-11,14H2. The average molecular weight is 379 g/mol. The van der Waals surface area contributed by atoms with E-state index < -0.39 is 0 Å². The first-order chi connectivity index (χ1) is 13.8. The maximum absolute atomic E-state index is 13.1. The lowest BCUT2D eigenvalue weighted by molar-refractivity contribution is 0.0585. The van der Waals surface area contributed by atoms with Gasteiger partial charge in [-0.1, -0.05) is 25.3 Å². The van der Waals surface area contributed by atoms with Crippen molar-refractivity contribution < 1.29 is 9.90 Å². The number of pyridine rings is 2. The lowest BCUT2D eigenvalue weighted by Crippen LogP contribution is -2.43. The molecule has 1 N–H and O–H groups in total. The van der Waals surface area contributed by atoms with E-state index in [-0.39, 0.29) is 18.6 Å². The van der Waals surface area contributed by atoms with Crippen LogP contribution in [0.25, 0.3) is 11.2 Å². The number of carbonyl (C=O) groups excluding carboxylic acids is 1. The number of aromatic nitrogens is 4. The first kappa shape index (κ1) is 18.6. The quantitative estimate of drug-likeness (QED) is 0.712. The SMILES string of the molecule is O=C(c1cnc2c(c1)ncn2Cc1ccccn1)N(CCO)C1CCCCC1. The monoisotopic (exact) mass is 379 g/mol. The lowest BCUT2D eigenvalue weighted by Gasteiger charge is -2.34. The first-order valence-electron chi connectivity index (χ1n) is 9.89. The summed E-state index contributed by atoms with van der Waals surface area (Å²) in [5, 5.41) is 9.45. The van der Waals surface area contributed by atoms with Crippen molar-refractivity contribution in [1.82, 2.24) is 24.4 Å². The number of fused-ring (bicyclic) bond motifs is 1. The highest BCUT2D eigenvalue weighted by atomic mass is 16.3. The number of carbonyl (C=O) groups is 1. The highest BCUT2D eigenvalue weighted by molar-refractivity contribution is 5.96. The number of hydrogen-bond acceptors (Lipinski definition) is 5. The molecule has 0 aromatic carbocycles. The minimum Gasteiger partial charge on any atom is -0.395 e. The fourth-order valence-corrected chi connectivity index (χ4v) is 3.96. The van der Waals surface area contributed by atoms with Gasteiger partial charge in [0.2, 0.25) is 0 Å². The van der Waals surface area contributed by atoms with Crippen LogP contribution in [0.1, 0.15) is 48.2 Å². The zero-order chi connectivity index (χ0) is 19.3. The highest BCUT2D eigenvalue weighted by Gasteiger charge is 2.26. The predicted molar refractivity (Wildman–Crippen MR) is 106 cm³/mol. The van der Waals surface area contributed by atoms with Crippen LogP contribution in [0.3, 0.4) is 0 Å². The average Bonchev–Trinajstić information content (AvgIpc) is 3.15. The van der Waals surface area contributed by atoms with E-state index in [1.165, 1.54) is 6.42 Å². The Bertz CT molecular complexity index is 934. The lowest BCUT2D eigenvalue weighted by atomic mass is 9.93. The van der Waals surface area contributed by atoms with E-state index >= 15 is 0 Å². The van der Waals surface area contributed by atoms with E-state index in [4.69, 9.17) is 0 Å². The molecule has 4 rings (SSSR count). The third-order valence-corrected chi connectivity index (χ3v) is 5.38. The van der Waals surface area contributed by atoms with E-state index in [0.717, 1.165) is 37.0 Å². The van der Waals surface area contributed by atoms with Crippen LogP contribution in [0.15, 0.2) is 43.0 Å². The Morgan fingerprint density at radius 3 is 2.79 bits per heavy atom. The van der Waals surface area contributed by atoms with Gasteiger partial charge in [0.05, 0.1) is 30.7 Å². The van der Waals surface area contributed by atoms with Crippen molar-refractivity contribution in [3.05, 3.63) is 54.2 Å². The third kappa shape index (κ3) is 3.89. The Hall–Kier alpha value is -2.80. The van der Waals surface area contributed by atoms with Crippen LogP contribution in [0.2, 0.25) is 0 Å². The largest absolute Gasteiger partial charge is 0.395 e.